The first-order valence-corrected chi connectivity index (χ1v) is 11.0. The molecule has 2 aliphatic heterocycles. The van der Waals surface area contributed by atoms with Crippen molar-refractivity contribution < 1.29 is 19.6 Å². The van der Waals surface area contributed by atoms with Crippen LogP contribution in [0.3, 0.4) is 0 Å². The Balaban J connectivity index is 1.44. The monoisotopic (exact) mass is 418 g/mol. The van der Waals surface area contributed by atoms with E-state index in [0.717, 1.165) is 70.9 Å². The van der Waals surface area contributed by atoms with Gasteiger partial charge in [0, 0.05) is 50.9 Å². The van der Waals surface area contributed by atoms with Gasteiger partial charge >= 0.3 is 13.2 Å². The predicted molar refractivity (Wildman–Crippen MR) is 118 cm³/mol. The molecule has 8 nitrogen and oxygen atoms in total. The summed E-state index contributed by atoms with van der Waals surface area (Å²) in [5.74, 6) is 1.49. The zero-order chi connectivity index (χ0) is 21.7. The molecule has 9 heteroatoms. The van der Waals surface area contributed by atoms with Gasteiger partial charge in [0.05, 0.1) is 0 Å². The fourth-order valence-electron chi connectivity index (χ4n) is 4.11. The summed E-state index contributed by atoms with van der Waals surface area (Å²) >= 11 is 0. The van der Waals surface area contributed by atoms with E-state index in [-0.39, 0.29) is 6.09 Å². The molecule has 30 heavy (non-hydrogen) atoms. The van der Waals surface area contributed by atoms with Crippen molar-refractivity contribution in [3.05, 3.63) is 18.3 Å². The molecule has 0 atom stereocenters. The van der Waals surface area contributed by atoms with Crippen molar-refractivity contribution in [3.63, 3.8) is 0 Å². The van der Waals surface area contributed by atoms with E-state index in [1.807, 2.05) is 31.7 Å². The zero-order valence-corrected chi connectivity index (χ0v) is 18.5. The van der Waals surface area contributed by atoms with Crippen molar-refractivity contribution in [2.75, 3.05) is 50.7 Å². The van der Waals surface area contributed by atoms with Gasteiger partial charge in [-0.2, -0.15) is 0 Å². The van der Waals surface area contributed by atoms with Gasteiger partial charge in [-0.25, -0.2) is 9.78 Å². The number of carbonyl (C=O) groups is 1. The third-order valence-electron chi connectivity index (χ3n) is 5.76. The van der Waals surface area contributed by atoms with Crippen LogP contribution in [-0.2, 0) is 4.74 Å². The highest BCUT2D eigenvalue weighted by Gasteiger charge is 2.28. The summed E-state index contributed by atoms with van der Waals surface area (Å²) in [6, 6.07) is 3.57. The molecule has 2 saturated heterocycles. The van der Waals surface area contributed by atoms with Crippen LogP contribution < -0.4 is 10.4 Å². The second-order valence-electron chi connectivity index (χ2n) is 9.38. The largest absolute Gasteiger partial charge is 0.490 e. The minimum absolute atomic E-state index is 0.196. The van der Waals surface area contributed by atoms with E-state index in [9.17, 15) is 14.8 Å². The molecule has 0 aromatic carbocycles. The standard InChI is InChI=1S/C21H35BN4O4/c1-21(2,3)30-20(27)26-11-7-17(8-12-26)16-24-9-4-10-25(14-13-24)19-6-5-18(15-23-19)22(28)29/h5-6,15,17,28-29H,4,7-14,16H2,1-3H3. The fourth-order valence-corrected chi connectivity index (χ4v) is 4.11. The summed E-state index contributed by atoms with van der Waals surface area (Å²) in [4.78, 5) is 23.3. The number of nitrogens with zero attached hydrogens (tertiary/aromatic N) is 4. The first-order chi connectivity index (χ1) is 14.2. The lowest BCUT2D eigenvalue weighted by Crippen LogP contribution is -2.44. The highest BCUT2D eigenvalue weighted by atomic mass is 16.6. The number of carbonyl (C=O) groups excluding carboxylic acids is 1. The Morgan fingerprint density at radius 3 is 2.47 bits per heavy atom. The van der Waals surface area contributed by atoms with Crippen molar-refractivity contribution in [3.8, 4) is 0 Å². The maximum absolute atomic E-state index is 12.2. The van der Waals surface area contributed by atoms with Gasteiger partial charge in [0.2, 0.25) is 0 Å². The van der Waals surface area contributed by atoms with E-state index in [1.165, 1.54) is 6.20 Å². The zero-order valence-electron chi connectivity index (χ0n) is 18.5. The number of anilines is 1. The molecule has 2 N–H and O–H groups in total. The van der Waals surface area contributed by atoms with E-state index in [0.29, 0.717) is 11.4 Å². The number of amides is 1. The van der Waals surface area contributed by atoms with Crippen molar-refractivity contribution >= 4 is 24.5 Å². The van der Waals surface area contributed by atoms with Crippen LogP contribution in [0.25, 0.3) is 0 Å². The van der Waals surface area contributed by atoms with Gasteiger partial charge in [-0.3, -0.25) is 0 Å². The summed E-state index contributed by atoms with van der Waals surface area (Å²) in [6.07, 6.45) is 4.44. The molecule has 2 fully saturated rings. The van der Waals surface area contributed by atoms with Crippen LogP contribution in [0, 0.1) is 5.92 Å². The molecule has 3 rings (SSSR count). The maximum atomic E-state index is 12.2. The third-order valence-corrected chi connectivity index (χ3v) is 5.76. The number of hydrogen-bond donors (Lipinski definition) is 2. The predicted octanol–water partition coefficient (Wildman–Crippen LogP) is 0.921. The first kappa shape index (κ1) is 22.8. The molecule has 0 spiro atoms. The highest BCUT2D eigenvalue weighted by molar-refractivity contribution is 6.58. The Labute approximate surface area is 180 Å². The van der Waals surface area contributed by atoms with E-state index in [2.05, 4.69) is 14.8 Å². The quantitative estimate of drug-likeness (QED) is 0.703. The van der Waals surface area contributed by atoms with Crippen LogP contribution in [-0.4, -0.2) is 89.5 Å². The van der Waals surface area contributed by atoms with Crippen molar-refractivity contribution in [1.82, 2.24) is 14.8 Å². The van der Waals surface area contributed by atoms with E-state index < -0.39 is 12.7 Å². The average Bonchev–Trinajstić information content (AvgIpc) is 2.93. The molecule has 166 valence electrons. The van der Waals surface area contributed by atoms with E-state index >= 15 is 0 Å². The molecule has 1 aromatic heterocycles. The number of rotatable bonds is 4. The molecular formula is C21H35BN4O4. The molecule has 0 radical (unpaired) electrons. The molecule has 1 aromatic rings. The summed E-state index contributed by atoms with van der Waals surface area (Å²) in [5.41, 5.74) is -0.0354. The van der Waals surface area contributed by atoms with Crippen molar-refractivity contribution in [2.24, 2.45) is 5.92 Å². The Morgan fingerprint density at radius 1 is 1.13 bits per heavy atom. The minimum atomic E-state index is -1.48. The van der Waals surface area contributed by atoms with Crippen LogP contribution in [0.2, 0.25) is 0 Å². The summed E-state index contributed by atoms with van der Waals surface area (Å²) in [5, 5.41) is 18.4. The number of ether oxygens (including phenoxy) is 1. The fraction of sp³-hybridized carbons (Fsp3) is 0.714. The third kappa shape index (κ3) is 6.58. The first-order valence-electron chi connectivity index (χ1n) is 11.0. The average molecular weight is 418 g/mol. The van der Waals surface area contributed by atoms with Gasteiger partial charge in [-0.15, -0.1) is 0 Å². The normalized spacial score (nSPS) is 19.5. The summed E-state index contributed by atoms with van der Waals surface area (Å²) < 4.78 is 5.49. The van der Waals surface area contributed by atoms with Gasteiger partial charge in [-0.1, -0.05) is 6.07 Å². The maximum Gasteiger partial charge on any atom is 0.490 e. The second kappa shape index (κ2) is 9.98. The summed E-state index contributed by atoms with van der Waals surface area (Å²) in [7, 11) is -1.48. The highest BCUT2D eigenvalue weighted by Crippen LogP contribution is 2.22. The Hall–Kier alpha value is -1.84. The number of piperidine rings is 1. The lowest BCUT2D eigenvalue weighted by atomic mass is 9.82. The smallest absolute Gasteiger partial charge is 0.444 e. The van der Waals surface area contributed by atoms with Gasteiger partial charge in [0.1, 0.15) is 11.4 Å². The number of aromatic nitrogens is 1. The van der Waals surface area contributed by atoms with Gasteiger partial charge in [0.25, 0.3) is 0 Å². The minimum Gasteiger partial charge on any atom is -0.444 e. The second-order valence-corrected chi connectivity index (χ2v) is 9.38. The Kier molecular flexibility index (Phi) is 7.60. The lowest BCUT2D eigenvalue weighted by Gasteiger charge is -2.35. The number of pyridine rings is 1. The van der Waals surface area contributed by atoms with Crippen molar-refractivity contribution in [2.45, 2.75) is 45.6 Å². The van der Waals surface area contributed by atoms with Crippen LogP contribution >= 0.6 is 0 Å². The van der Waals surface area contributed by atoms with Crippen LogP contribution in [0.15, 0.2) is 18.3 Å². The molecule has 0 saturated carbocycles. The SMILES string of the molecule is CC(C)(C)OC(=O)N1CCC(CN2CCCN(c3ccc(B(O)O)cn3)CC2)CC1. The molecule has 3 heterocycles. The number of hydrogen-bond acceptors (Lipinski definition) is 7. The topological polar surface area (TPSA) is 89.4 Å². The van der Waals surface area contributed by atoms with Crippen LogP contribution in [0.1, 0.15) is 40.0 Å². The summed E-state index contributed by atoms with van der Waals surface area (Å²) in [6.45, 7) is 12.2. The van der Waals surface area contributed by atoms with Crippen LogP contribution in [0.4, 0.5) is 10.6 Å². The molecular weight excluding hydrogens is 383 g/mol. The Bertz CT molecular complexity index is 687. The van der Waals surface area contributed by atoms with Gasteiger partial charge in [0.15, 0.2) is 0 Å². The molecule has 0 bridgehead atoms. The van der Waals surface area contributed by atoms with E-state index in [1.54, 1.807) is 6.07 Å². The molecule has 0 aliphatic carbocycles. The molecule has 0 unspecified atom stereocenters. The van der Waals surface area contributed by atoms with E-state index in [4.69, 9.17) is 4.74 Å². The van der Waals surface area contributed by atoms with Crippen LogP contribution in [0.5, 0.6) is 0 Å². The van der Waals surface area contributed by atoms with Gasteiger partial charge < -0.3 is 29.5 Å². The molecule has 1 amide bonds. The van der Waals surface area contributed by atoms with Gasteiger partial charge in [-0.05, 0) is 58.6 Å². The lowest BCUT2D eigenvalue weighted by molar-refractivity contribution is 0.0170. The Morgan fingerprint density at radius 2 is 1.87 bits per heavy atom. The molecule has 2 aliphatic rings. The van der Waals surface area contributed by atoms with Crippen molar-refractivity contribution in [1.29, 1.82) is 0 Å². The number of likely N-dealkylation sites (tertiary alicyclic amines) is 1.